The van der Waals surface area contributed by atoms with Crippen molar-refractivity contribution >= 4 is 11.6 Å². The van der Waals surface area contributed by atoms with E-state index in [0.717, 1.165) is 5.56 Å². The maximum Gasteiger partial charge on any atom is 0.224 e. The summed E-state index contributed by atoms with van der Waals surface area (Å²) in [5.41, 5.74) is 2.64. The first-order chi connectivity index (χ1) is 12.5. The van der Waals surface area contributed by atoms with Gasteiger partial charge in [-0.05, 0) is 23.6 Å². The smallest absolute Gasteiger partial charge is 0.224 e. The van der Waals surface area contributed by atoms with E-state index in [2.05, 4.69) is 36.3 Å². The number of aromatic hydroxyl groups is 1. The van der Waals surface area contributed by atoms with Crippen molar-refractivity contribution in [3.05, 3.63) is 66.2 Å². The summed E-state index contributed by atoms with van der Waals surface area (Å²) >= 11 is 0. The van der Waals surface area contributed by atoms with Crippen LogP contribution in [0, 0.1) is 0 Å². The SMILES string of the molecule is CC(C)c1ccc(-c2cnc(CCC(=O)Nc3ccccc3O)o2)cc1. The van der Waals surface area contributed by atoms with Gasteiger partial charge in [0.05, 0.1) is 11.9 Å². The number of anilines is 1. The molecule has 0 bridgehead atoms. The molecule has 0 aliphatic heterocycles. The summed E-state index contributed by atoms with van der Waals surface area (Å²) in [4.78, 5) is 16.3. The average Bonchev–Trinajstić information content (AvgIpc) is 3.11. The molecule has 1 aromatic heterocycles. The molecule has 3 rings (SSSR count). The predicted molar refractivity (Wildman–Crippen MR) is 101 cm³/mol. The van der Waals surface area contributed by atoms with E-state index < -0.39 is 0 Å². The van der Waals surface area contributed by atoms with E-state index in [0.29, 0.717) is 29.7 Å². The third kappa shape index (κ3) is 4.30. The van der Waals surface area contributed by atoms with Gasteiger partial charge in [0.25, 0.3) is 0 Å². The molecule has 0 unspecified atom stereocenters. The standard InChI is InChI=1S/C21H22N2O3/c1-14(2)15-7-9-16(10-8-15)19-13-22-21(26-19)12-11-20(25)23-17-5-3-4-6-18(17)24/h3-10,13-14,24H,11-12H2,1-2H3,(H,23,25). The number of phenolic OH excluding ortho intramolecular Hbond substituents is 1. The summed E-state index contributed by atoms with van der Waals surface area (Å²) in [6.07, 6.45) is 2.30. The minimum atomic E-state index is -0.201. The molecule has 0 fully saturated rings. The Morgan fingerprint density at radius 2 is 1.88 bits per heavy atom. The number of nitrogens with zero attached hydrogens (tertiary/aromatic N) is 1. The zero-order valence-corrected chi connectivity index (χ0v) is 14.9. The van der Waals surface area contributed by atoms with Crippen LogP contribution in [-0.2, 0) is 11.2 Å². The number of hydrogen-bond donors (Lipinski definition) is 2. The third-order valence-corrected chi connectivity index (χ3v) is 4.16. The summed E-state index contributed by atoms with van der Waals surface area (Å²) in [6, 6.07) is 14.8. The van der Waals surface area contributed by atoms with Crippen LogP contribution in [0.2, 0.25) is 0 Å². The van der Waals surface area contributed by atoms with Crippen molar-refractivity contribution in [3.8, 4) is 17.1 Å². The number of amides is 1. The van der Waals surface area contributed by atoms with Crippen molar-refractivity contribution in [2.24, 2.45) is 0 Å². The first kappa shape index (κ1) is 17.7. The number of carbonyl (C=O) groups is 1. The summed E-state index contributed by atoms with van der Waals surface area (Å²) in [5.74, 6) is 1.53. The van der Waals surface area contributed by atoms with E-state index in [1.807, 2.05) is 12.1 Å². The van der Waals surface area contributed by atoms with Crippen molar-refractivity contribution in [1.29, 1.82) is 0 Å². The van der Waals surface area contributed by atoms with Crippen LogP contribution in [0.15, 0.2) is 59.1 Å². The Bertz CT molecular complexity index is 882. The van der Waals surface area contributed by atoms with Gasteiger partial charge in [-0.1, -0.05) is 50.2 Å². The molecule has 1 heterocycles. The lowest BCUT2D eigenvalue weighted by atomic mass is 10.0. The van der Waals surface area contributed by atoms with Crippen molar-refractivity contribution in [2.45, 2.75) is 32.6 Å². The number of aromatic nitrogens is 1. The maximum atomic E-state index is 12.0. The molecule has 134 valence electrons. The molecule has 5 heteroatoms. The monoisotopic (exact) mass is 350 g/mol. The summed E-state index contributed by atoms with van der Waals surface area (Å²) in [5, 5.41) is 12.4. The molecule has 2 aromatic carbocycles. The number of rotatable bonds is 6. The molecule has 0 radical (unpaired) electrons. The minimum Gasteiger partial charge on any atom is -0.506 e. The minimum absolute atomic E-state index is 0.0455. The molecule has 26 heavy (non-hydrogen) atoms. The van der Waals surface area contributed by atoms with Crippen LogP contribution in [-0.4, -0.2) is 16.0 Å². The molecule has 0 saturated carbocycles. The second-order valence-electron chi connectivity index (χ2n) is 6.46. The van der Waals surface area contributed by atoms with Gasteiger partial charge in [0.2, 0.25) is 5.91 Å². The summed E-state index contributed by atoms with van der Waals surface area (Å²) in [7, 11) is 0. The quantitative estimate of drug-likeness (QED) is 0.630. The van der Waals surface area contributed by atoms with Gasteiger partial charge >= 0.3 is 0 Å². The van der Waals surface area contributed by atoms with E-state index in [-0.39, 0.29) is 18.1 Å². The fourth-order valence-electron chi connectivity index (χ4n) is 2.60. The highest BCUT2D eigenvalue weighted by Gasteiger charge is 2.11. The van der Waals surface area contributed by atoms with Crippen molar-refractivity contribution in [1.82, 2.24) is 4.98 Å². The highest BCUT2D eigenvalue weighted by molar-refractivity contribution is 5.92. The Labute approximate surface area is 152 Å². The zero-order chi connectivity index (χ0) is 18.5. The first-order valence-corrected chi connectivity index (χ1v) is 8.66. The normalized spacial score (nSPS) is 10.9. The van der Waals surface area contributed by atoms with Crippen LogP contribution in [0.1, 0.15) is 37.6 Å². The van der Waals surface area contributed by atoms with Crippen molar-refractivity contribution < 1.29 is 14.3 Å². The Morgan fingerprint density at radius 3 is 2.58 bits per heavy atom. The Hall–Kier alpha value is -3.08. The molecule has 1 amide bonds. The number of benzene rings is 2. The first-order valence-electron chi connectivity index (χ1n) is 8.66. The fraction of sp³-hybridized carbons (Fsp3) is 0.238. The molecule has 3 aromatic rings. The van der Waals surface area contributed by atoms with E-state index in [1.165, 1.54) is 11.6 Å². The molecule has 5 nitrogen and oxygen atoms in total. The highest BCUT2D eigenvalue weighted by Crippen LogP contribution is 2.24. The fourth-order valence-corrected chi connectivity index (χ4v) is 2.60. The van der Waals surface area contributed by atoms with Crippen LogP contribution in [0.3, 0.4) is 0 Å². The third-order valence-electron chi connectivity index (χ3n) is 4.16. The van der Waals surface area contributed by atoms with E-state index in [4.69, 9.17) is 4.42 Å². The van der Waals surface area contributed by atoms with Crippen LogP contribution in [0.5, 0.6) is 5.75 Å². The van der Waals surface area contributed by atoms with Gasteiger partial charge in [-0.3, -0.25) is 4.79 Å². The Morgan fingerprint density at radius 1 is 1.15 bits per heavy atom. The zero-order valence-electron chi connectivity index (χ0n) is 14.9. The van der Waals surface area contributed by atoms with Gasteiger partial charge in [-0.15, -0.1) is 0 Å². The lowest BCUT2D eigenvalue weighted by Crippen LogP contribution is -2.12. The Balaban J connectivity index is 1.58. The molecule has 0 aliphatic rings. The summed E-state index contributed by atoms with van der Waals surface area (Å²) < 4.78 is 5.75. The number of para-hydroxylation sites is 2. The number of hydrogen-bond acceptors (Lipinski definition) is 4. The number of carbonyl (C=O) groups excluding carboxylic acids is 1. The van der Waals surface area contributed by atoms with Crippen LogP contribution in [0.25, 0.3) is 11.3 Å². The molecule has 0 aliphatic carbocycles. The van der Waals surface area contributed by atoms with Gasteiger partial charge in [-0.2, -0.15) is 0 Å². The predicted octanol–water partition coefficient (Wildman–Crippen LogP) is 4.74. The van der Waals surface area contributed by atoms with Crippen molar-refractivity contribution in [3.63, 3.8) is 0 Å². The number of oxazole rings is 1. The number of nitrogens with one attached hydrogen (secondary N) is 1. The second-order valence-corrected chi connectivity index (χ2v) is 6.46. The molecular formula is C21H22N2O3. The largest absolute Gasteiger partial charge is 0.506 e. The van der Waals surface area contributed by atoms with E-state index >= 15 is 0 Å². The van der Waals surface area contributed by atoms with Gasteiger partial charge < -0.3 is 14.8 Å². The van der Waals surface area contributed by atoms with Crippen LogP contribution < -0.4 is 5.32 Å². The van der Waals surface area contributed by atoms with Crippen molar-refractivity contribution in [2.75, 3.05) is 5.32 Å². The van der Waals surface area contributed by atoms with Gasteiger partial charge in [0.15, 0.2) is 11.7 Å². The molecule has 2 N–H and O–H groups in total. The van der Waals surface area contributed by atoms with E-state index in [9.17, 15) is 9.90 Å². The molecule has 0 saturated heterocycles. The Kier molecular flexibility index (Phi) is 5.37. The van der Waals surface area contributed by atoms with E-state index in [1.54, 1.807) is 24.4 Å². The average molecular weight is 350 g/mol. The number of aryl methyl sites for hydroxylation is 1. The maximum absolute atomic E-state index is 12.0. The second kappa shape index (κ2) is 7.87. The van der Waals surface area contributed by atoms with Gasteiger partial charge in [-0.25, -0.2) is 4.98 Å². The van der Waals surface area contributed by atoms with Crippen LogP contribution >= 0.6 is 0 Å². The molecule has 0 spiro atoms. The molecule has 0 atom stereocenters. The summed E-state index contributed by atoms with van der Waals surface area (Å²) in [6.45, 7) is 4.31. The highest BCUT2D eigenvalue weighted by atomic mass is 16.4. The van der Waals surface area contributed by atoms with Gasteiger partial charge in [0, 0.05) is 18.4 Å². The lowest BCUT2D eigenvalue weighted by Gasteiger charge is -2.06. The van der Waals surface area contributed by atoms with Gasteiger partial charge in [0.1, 0.15) is 5.75 Å². The topological polar surface area (TPSA) is 75.4 Å². The van der Waals surface area contributed by atoms with Crippen LogP contribution in [0.4, 0.5) is 5.69 Å². The molecular weight excluding hydrogens is 328 g/mol. The number of phenols is 1. The lowest BCUT2D eigenvalue weighted by molar-refractivity contribution is -0.116.